The maximum Gasteiger partial charge on any atom is 0.326 e. The second-order valence-electron chi connectivity index (χ2n) is 8.91. The highest BCUT2D eigenvalue weighted by molar-refractivity contribution is 5.94. The first-order chi connectivity index (χ1) is 17.4. The summed E-state index contributed by atoms with van der Waals surface area (Å²) in [6.07, 6.45) is 0.00551. The van der Waals surface area contributed by atoms with Crippen molar-refractivity contribution < 1.29 is 44.1 Å². The molecule has 0 spiro atoms. The summed E-state index contributed by atoms with van der Waals surface area (Å²) in [5.41, 5.74) is 11.0. The van der Waals surface area contributed by atoms with Gasteiger partial charge in [0.15, 0.2) is 0 Å². The van der Waals surface area contributed by atoms with E-state index in [1.165, 1.54) is 11.8 Å². The molecule has 0 bridgehead atoms. The van der Waals surface area contributed by atoms with Crippen molar-refractivity contribution in [3.63, 3.8) is 0 Å². The Morgan fingerprint density at radius 1 is 1.00 bits per heavy atom. The minimum atomic E-state index is -1.36. The van der Waals surface area contributed by atoms with Crippen LogP contribution >= 0.6 is 0 Å². The molecule has 0 saturated carbocycles. The monoisotopic (exact) mass is 530 g/mol. The van der Waals surface area contributed by atoms with E-state index in [1.54, 1.807) is 0 Å². The Balaban J connectivity index is 2.95. The second-order valence-corrected chi connectivity index (χ2v) is 8.91. The molecule has 1 fully saturated rings. The van der Waals surface area contributed by atoms with Crippen molar-refractivity contribution in [1.82, 2.24) is 20.9 Å². The van der Waals surface area contributed by atoms with Gasteiger partial charge in [-0.15, -0.1) is 0 Å². The van der Waals surface area contributed by atoms with E-state index < -0.39 is 78.8 Å². The van der Waals surface area contributed by atoms with E-state index in [9.17, 15) is 39.0 Å². The van der Waals surface area contributed by atoms with Crippen molar-refractivity contribution >= 4 is 35.6 Å². The van der Waals surface area contributed by atoms with Crippen molar-refractivity contribution in [3.8, 4) is 0 Å². The average molecular weight is 531 g/mol. The van der Waals surface area contributed by atoms with Crippen molar-refractivity contribution in [3.05, 3.63) is 0 Å². The topological polar surface area (TPSA) is 254 Å². The van der Waals surface area contributed by atoms with Gasteiger partial charge in [-0.25, -0.2) is 4.79 Å². The lowest BCUT2D eigenvalue weighted by molar-refractivity contribution is -0.149. The zero-order valence-corrected chi connectivity index (χ0v) is 20.9. The smallest absolute Gasteiger partial charge is 0.326 e. The third-order valence-corrected chi connectivity index (χ3v) is 5.93. The van der Waals surface area contributed by atoms with E-state index in [0.717, 1.165) is 0 Å². The van der Waals surface area contributed by atoms with Crippen LogP contribution in [0.15, 0.2) is 0 Å². The number of unbranched alkanes of at least 4 members (excludes halogenated alkanes) is 1. The molecule has 5 atom stereocenters. The Bertz CT molecular complexity index is 837. The number of nitrogens with one attached hydrogen (secondary N) is 3. The molecule has 0 aromatic carbocycles. The maximum absolute atomic E-state index is 13.2. The van der Waals surface area contributed by atoms with Gasteiger partial charge in [0.2, 0.25) is 23.6 Å². The summed E-state index contributed by atoms with van der Waals surface area (Å²) in [5, 5.41) is 34.9. The first-order valence-corrected chi connectivity index (χ1v) is 12.1. The lowest BCUT2D eigenvalue weighted by atomic mass is 10.0. The third kappa shape index (κ3) is 10.7. The lowest BCUT2D eigenvalue weighted by Crippen LogP contribution is -2.57. The molecule has 37 heavy (non-hydrogen) atoms. The van der Waals surface area contributed by atoms with Gasteiger partial charge in [-0.2, -0.15) is 0 Å². The van der Waals surface area contributed by atoms with Crippen molar-refractivity contribution in [2.75, 3.05) is 19.6 Å². The maximum atomic E-state index is 13.2. The minimum absolute atomic E-state index is 0.164. The van der Waals surface area contributed by atoms with Crippen LogP contribution in [0.1, 0.15) is 51.9 Å². The van der Waals surface area contributed by atoms with Crippen LogP contribution in [0.3, 0.4) is 0 Å². The summed E-state index contributed by atoms with van der Waals surface area (Å²) in [6.45, 7) is 1.26. The highest BCUT2D eigenvalue weighted by Crippen LogP contribution is 2.20. The van der Waals surface area contributed by atoms with Gasteiger partial charge in [-0.3, -0.25) is 24.0 Å². The molecule has 0 unspecified atom stereocenters. The number of hydrogen-bond donors (Lipinski definition) is 8. The van der Waals surface area contributed by atoms with Crippen LogP contribution in [0, 0.1) is 0 Å². The Kier molecular flexibility index (Phi) is 13.5. The number of amides is 4. The van der Waals surface area contributed by atoms with Gasteiger partial charge in [0.25, 0.3) is 0 Å². The zero-order chi connectivity index (χ0) is 28.1. The molecule has 0 radical (unpaired) electrons. The predicted molar refractivity (Wildman–Crippen MR) is 129 cm³/mol. The van der Waals surface area contributed by atoms with Crippen LogP contribution in [0.5, 0.6) is 0 Å². The van der Waals surface area contributed by atoms with E-state index in [-0.39, 0.29) is 25.8 Å². The van der Waals surface area contributed by atoms with E-state index in [2.05, 4.69) is 16.0 Å². The summed E-state index contributed by atoms with van der Waals surface area (Å²) >= 11 is 0. The Morgan fingerprint density at radius 3 is 2.24 bits per heavy atom. The average Bonchev–Trinajstić information content (AvgIpc) is 3.33. The molecular weight excluding hydrogens is 492 g/mol. The molecule has 15 heteroatoms. The number of aliphatic hydroxyl groups excluding tert-OH is 1. The molecule has 0 aromatic heterocycles. The number of carboxylic acid groups (broad SMARTS) is 2. The van der Waals surface area contributed by atoms with Gasteiger partial charge in [0.1, 0.15) is 24.2 Å². The molecule has 1 rings (SSSR count). The van der Waals surface area contributed by atoms with E-state index in [1.807, 2.05) is 0 Å². The van der Waals surface area contributed by atoms with Crippen LogP contribution in [0.25, 0.3) is 0 Å². The molecular formula is C22H38N6O9. The van der Waals surface area contributed by atoms with Crippen molar-refractivity contribution in [2.45, 2.75) is 82.1 Å². The number of aliphatic hydroxyl groups is 1. The number of nitrogens with two attached hydrogens (primary N) is 2. The fraction of sp³-hybridized carbons (Fsp3) is 0.727. The summed E-state index contributed by atoms with van der Waals surface area (Å²) in [6, 6.07) is -4.75. The molecule has 10 N–H and O–H groups in total. The van der Waals surface area contributed by atoms with E-state index in [4.69, 9.17) is 16.6 Å². The van der Waals surface area contributed by atoms with Crippen molar-refractivity contribution in [1.29, 1.82) is 0 Å². The first kappa shape index (κ1) is 31.7. The van der Waals surface area contributed by atoms with Crippen LogP contribution in [-0.4, -0.2) is 106 Å². The molecule has 210 valence electrons. The van der Waals surface area contributed by atoms with Crippen LogP contribution in [0.2, 0.25) is 0 Å². The standard InChI is InChI=1S/C22H38N6O9/c1-12(29)18(24)20(34)25-11-16(30)26-13(7-8-17(31)32)19(33)27-14(5-2-3-9-23)21(35)28-10-4-6-15(28)22(36)37/h12-15,18,29H,2-11,23-24H2,1H3,(H,25,34)(H,26,30)(H,27,33)(H,31,32)(H,36,37)/t12-,13+,14+,15+,18+/m1/s1. The van der Waals surface area contributed by atoms with Gasteiger partial charge in [0, 0.05) is 13.0 Å². The molecule has 1 aliphatic heterocycles. The minimum Gasteiger partial charge on any atom is -0.481 e. The second kappa shape index (κ2) is 15.7. The Labute approximate surface area is 214 Å². The number of rotatable bonds is 16. The third-order valence-electron chi connectivity index (χ3n) is 5.93. The van der Waals surface area contributed by atoms with Gasteiger partial charge >= 0.3 is 11.9 Å². The molecule has 0 aliphatic carbocycles. The quantitative estimate of drug-likeness (QED) is 0.0924. The summed E-state index contributed by atoms with van der Waals surface area (Å²) in [7, 11) is 0. The van der Waals surface area contributed by atoms with Crippen LogP contribution < -0.4 is 27.4 Å². The first-order valence-electron chi connectivity index (χ1n) is 12.1. The van der Waals surface area contributed by atoms with Crippen LogP contribution in [-0.2, 0) is 28.8 Å². The molecule has 15 nitrogen and oxygen atoms in total. The predicted octanol–water partition coefficient (Wildman–Crippen LogP) is -3.15. The number of likely N-dealkylation sites (tertiary alicyclic amines) is 1. The van der Waals surface area contributed by atoms with Gasteiger partial charge < -0.3 is 47.6 Å². The number of hydrogen-bond acceptors (Lipinski definition) is 9. The number of nitrogens with zero attached hydrogens (tertiary/aromatic N) is 1. The summed E-state index contributed by atoms with van der Waals surface area (Å²) in [4.78, 5) is 74.2. The summed E-state index contributed by atoms with van der Waals surface area (Å²) in [5.74, 6) is -5.42. The van der Waals surface area contributed by atoms with Gasteiger partial charge in [0.05, 0.1) is 12.6 Å². The normalized spacial score (nSPS) is 18.3. The molecule has 0 aromatic rings. The largest absolute Gasteiger partial charge is 0.481 e. The van der Waals surface area contributed by atoms with E-state index in [0.29, 0.717) is 25.8 Å². The SMILES string of the molecule is C[C@@H](O)[C@H](N)C(=O)NCC(=O)N[C@@H](CCC(=O)O)C(=O)N[C@@H](CCCCN)C(=O)N1CCC[C@H]1C(=O)O. The highest BCUT2D eigenvalue weighted by Gasteiger charge is 2.38. The number of carbonyl (C=O) groups excluding carboxylic acids is 4. The fourth-order valence-corrected chi connectivity index (χ4v) is 3.80. The van der Waals surface area contributed by atoms with E-state index >= 15 is 0 Å². The zero-order valence-electron chi connectivity index (χ0n) is 20.9. The summed E-state index contributed by atoms with van der Waals surface area (Å²) < 4.78 is 0. The van der Waals surface area contributed by atoms with Gasteiger partial charge in [-0.1, -0.05) is 0 Å². The van der Waals surface area contributed by atoms with Crippen LogP contribution in [0.4, 0.5) is 0 Å². The molecule has 1 saturated heterocycles. The number of carboxylic acids is 2. The molecule has 1 aliphatic rings. The van der Waals surface area contributed by atoms with Gasteiger partial charge in [-0.05, 0) is 52.0 Å². The molecule has 1 heterocycles. The number of carbonyl (C=O) groups is 6. The highest BCUT2D eigenvalue weighted by atomic mass is 16.4. The Hall–Kier alpha value is -3.30. The lowest BCUT2D eigenvalue weighted by Gasteiger charge is -2.28. The fourth-order valence-electron chi connectivity index (χ4n) is 3.80. The number of aliphatic carboxylic acids is 2. The Morgan fingerprint density at radius 2 is 1.68 bits per heavy atom. The molecule has 4 amide bonds. The van der Waals surface area contributed by atoms with Crippen molar-refractivity contribution in [2.24, 2.45) is 11.5 Å².